The molecule has 2 unspecified atom stereocenters. The number of aliphatic hydroxyl groups excluding tert-OH is 1. The summed E-state index contributed by atoms with van der Waals surface area (Å²) in [7, 11) is 1.98. The van der Waals surface area contributed by atoms with Gasteiger partial charge in [-0.15, -0.1) is 0 Å². The Bertz CT molecular complexity index is 311. The quantitative estimate of drug-likeness (QED) is 0.790. The summed E-state index contributed by atoms with van der Waals surface area (Å²) in [6, 6.07) is 0. The predicted octanol–water partition coefficient (Wildman–Crippen LogP) is 1.38. The Hall–Kier alpha value is -1.03. The fourth-order valence-electron chi connectivity index (χ4n) is 2.22. The second-order valence-electron chi connectivity index (χ2n) is 4.43. The maximum atomic E-state index is 9.54. The molecule has 0 aromatic carbocycles. The van der Waals surface area contributed by atoms with Crippen LogP contribution in [0.1, 0.15) is 25.7 Å². The second-order valence-corrected chi connectivity index (χ2v) is 4.43. The van der Waals surface area contributed by atoms with Crippen LogP contribution in [0.4, 0.5) is 5.95 Å². The summed E-state index contributed by atoms with van der Waals surface area (Å²) in [6.07, 6.45) is 7.89. The summed E-state index contributed by atoms with van der Waals surface area (Å²) in [5.74, 6) is 1.50. The van der Waals surface area contributed by atoms with E-state index in [0.717, 1.165) is 31.8 Å². The molecule has 0 radical (unpaired) electrons. The van der Waals surface area contributed by atoms with E-state index in [1.165, 1.54) is 6.42 Å². The molecule has 2 N–H and O–H groups in total. The van der Waals surface area contributed by atoms with Crippen LogP contribution in [0.3, 0.4) is 0 Å². The minimum absolute atomic E-state index is 0.0908. The van der Waals surface area contributed by atoms with Crippen molar-refractivity contribution in [1.82, 2.24) is 9.55 Å². The number of hydrogen-bond acceptors (Lipinski definition) is 3. The number of aliphatic hydroxyl groups is 1. The number of hydrogen-bond donors (Lipinski definition) is 2. The minimum atomic E-state index is -0.0908. The molecule has 1 aromatic heterocycles. The van der Waals surface area contributed by atoms with E-state index in [2.05, 4.69) is 10.3 Å². The normalized spacial score (nSPS) is 26.5. The van der Waals surface area contributed by atoms with Crippen LogP contribution in [0.5, 0.6) is 0 Å². The molecule has 0 spiro atoms. The molecule has 1 aliphatic rings. The van der Waals surface area contributed by atoms with Crippen molar-refractivity contribution in [3.8, 4) is 0 Å². The van der Waals surface area contributed by atoms with Crippen LogP contribution in [-0.4, -0.2) is 27.3 Å². The monoisotopic (exact) mass is 209 g/mol. The molecule has 0 saturated heterocycles. The lowest BCUT2D eigenvalue weighted by Gasteiger charge is -2.26. The van der Waals surface area contributed by atoms with Crippen molar-refractivity contribution in [2.45, 2.75) is 31.8 Å². The van der Waals surface area contributed by atoms with Crippen LogP contribution in [-0.2, 0) is 7.05 Å². The lowest BCUT2D eigenvalue weighted by Crippen LogP contribution is -2.25. The van der Waals surface area contributed by atoms with Gasteiger partial charge in [0.05, 0.1) is 6.10 Å². The smallest absolute Gasteiger partial charge is 0.202 e. The number of imidazole rings is 1. The van der Waals surface area contributed by atoms with Crippen LogP contribution in [0.15, 0.2) is 12.4 Å². The van der Waals surface area contributed by atoms with Gasteiger partial charge in [0.15, 0.2) is 0 Å². The molecular formula is C11H19N3O. The molecule has 2 atom stereocenters. The number of rotatable bonds is 3. The van der Waals surface area contributed by atoms with E-state index in [1.807, 2.05) is 17.8 Å². The van der Waals surface area contributed by atoms with Gasteiger partial charge in [-0.1, -0.05) is 6.42 Å². The van der Waals surface area contributed by atoms with Gasteiger partial charge in [-0.3, -0.25) is 0 Å². The van der Waals surface area contributed by atoms with Crippen molar-refractivity contribution in [3.63, 3.8) is 0 Å². The summed E-state index contributed by atoms with van der Waals surface area (Å²) in [5.41, 5.74) is 0. The zero-order chi connectivity index (χ0) is 10.7. The molecule has 1 fully saturated rings. The third kappa shape index (κ3) is 2.72. The number of nitrogens with zero attached hydrogens (tertiary/aromatic N) is 2. The van der Waals surface area contributed by atoms with Gasteiger partial charge >= 0.3 is 0 Å². The van der Waals surface area contributed by atoms with Crippen LogP contribution < -0.4 is 5.32 Å². The SMILES string of the molecule is Cn1ccnc1NCC1CCCC(O)C1. The molecule has 0 bridgehead atoms. The first kappa shape index (κ1) is 10.5. The van der Waals surface area contributed by atoms with Gasteiger partial charge in [-0.05, 0) is 25.2 Å². The molecule has 4 heteroatoms. The van der Waals surface area contributed by atoms with E-state index in [9.17, 15) is 5.11 Å². The Balaban J connectivity index is 1.80. The van der Waals surface area contributed by atoms with Crippen molar-refractivity contribution in [2.75, 3.05) is 11.9 Å². The number of nitrogens with one attached hydrogen (secondary N) is 1. The fourth-order valence-corrected chi connectivity index (χ4v) is 2.22. The Kier molecular flexibility index (Phi) is 3.26. The molecule has 1 aromatic rings. The van der Waals surface area contributed by atoms with Gasteiger partial charge in [0.25, 0.3) is 0 Å². The first-order valence-electron chi connectivity index (χ1n) is 5.65. The highest BCUT2D eigenvalue weighted by atomic mass is 16.3. The highest BCUT2D eigenvalue weighted by Gasteiger charge is 2.19. The Morgan fingerprint density at radius 2 is 2.47 bits per heavy atom. The average molecular weight is 209 g/mol. The molecule has 0 amide bonds. The molecule has 1 heterocycles. The lowest BCUT2D eigenvalue weighted by atomic mass is 9.87. The zero-order valence-electron chi connectivity index (χ0n) is 9.19. The van der Waals surface area contributed by atoms with Crippen molar-refractivity contribution < 1.29 is 5.11 Å². The van der Waals surface area contributed by atoms with Gasteiger partial charge in [0.2, 0.25) is 5.95 Å². The first-order chi connectivity index (χ1) is 7.25. The maximum absolute atomic E-state index is 9.54. The summed E-state index contributed by atoms with van der Waals surface area (Å²) >= 11 is 0. The Labute approximate surface area is 90.3 Å². The van der Waals surface area contributed by atoms with Crippen molar-refractivity contribution >= 4 is 5.95 Å². The Morgan fingerprint density at radius 3 is 3.13 bits per heavy atom. The molecule has 0 aliphatic heterocycles. The highest BCUT2D eigenvalue weighted by molar-refractivity contribution is 5.25. The van der Waals surface area contributed by atoms with Crippen LogP contribution >= 0.6 is 0 Å². The lowest BCUT2D eigenvalue weighted by molar-refractivity contribution is 0.104. The summed E-state index contributed by atoms with van der Waals surface area (Å²) < 4.78 is 1.97. The fraction of sp³-hybridized carbons (Fsp3) is 0.727. The minimum Gasteiger partial charge on any atom is -0.393 e. The maximum Gasteiger partial charge on any atom is 0.202 e. The summed E-state index contributed by atoms with van der Waals surface area (Å²) in [6.45, 7) is 0.919. The second kappa shape index (κ2) is 4.66. The van der Waals surface area contributed by atoms with Crippen molar-refractivity contribution in [3.05, 3.63) is 12.4 Å². The Morgan fingerprint density at radius 1 is 1.60 bits per heavy atom. The average Bonchev–Trinajstić information content (AvgIpc) is 2.61. The summed E-state index contributed by atoms with van der Waals surface area (Å²) in [4.78, 5) is 4.21. The molecule has 15 heavy (non-hydrogen) atoms. The van der Waals surface area contributed by atoms with Gasteiger partial charge < -0.3 is 15.0 Å². The number of aryl methyl sites for hydroxylation is 1. The molecule has 1 saturated carbocycles. The standard InChI is InChI=1S/C11H19N3O/c1-14-6-5-12-11(14)13-8-9-3-2-4-10(15)7-9/h5-6,9-10,15H,2-4,7-8H2,1H3,(H,12,13). The first-order valence-corrected chi connectivity index (χ1v) is 5.65. The predicted molar refractivity (Wildman–Crippen MR) is 59.7 cm³/mol. The summed E-state index contributed by atoms with van der Waals surface area (Å²) in [5, 5.41) is 12.9. The molecule has 1 aliphatic carbocycles. The van der Waals surface area contributed by atoms with Crippen molar-refractivity contribution in [1.29, 1.82) is 0 Å². The van der Waals surface area contributed by atoms with Crippen molar-refractivity contribution in [2.24, 2.45) is 13.0 Å². The molecule has 2 rings (SSSR count). The van der Waals surface area contributed by atoms with Gasteiger partial charge in [-0.2, -0.15) is 0 Å². The van der Waals surface area contributed by atoms with Gasteiger partial charge in [-0.25, -0.2) is 4.98 Å². The topological polar surface area (TPSA) is 50.1 Å². The zero-order valence-corrected chi connectivity index (χ0v) is 9.19. The van der Waals surface area contributed by atoms with E-state index < -0.39 is 0 Å². The van der Waals surface area contributed by atoms with E-state index in [1.54, 1.807) is 6.20 Å². The molecule has 84 valence electrons. The van der Waals surface area contributed by atoms with E-state index in [0.29, 0.717) is 5.92 Å². The molecular weight excluding hydrogens is 190 g/mol. The van der Waals surface area contributed by atoms with Crippen LogP contribution in [0.25, 0.3) is 0 Å². The number of aromatic nitrogens is 2. The van der Waals surface area contributed by atoms with Gasteiger partial charge in [0, 0.05) is 26.0 Å². The third-order valence-corrected chi connectivity index (χ3v) is 3.13. The van der Waals surface area contributed by atoms with Crippen LogP contribution in [0, 0.1) is 5.92 Å². The van der Waals surface area contributed by atoms with E-state index in [-0.39, 0.29) is 6.10 Å². The third-order valence-electron chi connectivity index (χ3n) is 3.13. The van der Waals surface area contributed by atoms with Gasteiger partial charge in [0.1, 0.15) is 0 Å². The molecule has 4 nitrogen and oxygen atoms in total. The highest BCUT2D eigenvalue weighted by Crippen LogP contribution is 2.24. The largest absolute Gasteiger partial charge is 0.393 e. The van der Waals surface area contributed by atoms with Crippen LogP contribution in [0.2, 0.25) is 0 Å². The van der Waals surface area contributed by atoms with E-state index >= 15 is 0 Å². The van der Waals surface area contributed by atoms with E-state index in [4.69, 9.17) is 0 Å². The number of anilines is 1.